The van der Waals surface area contributed by atoms with Gasteiger partial charge in [0.25, 0.3) is 5.56 Å². The molecule has 14 nitrogen and oxygen atoms in total. The van der Waals surface area contributed by atoms with Crippen molar-refractivity contribution in [1.29, 1.82) is 0 Å². The third kappa shape index (κ3) is 7.09. The van der Waals surface area contributed by atoms with E-state index in [0.29, 0.717) is 40.4 Å². The van der Waals surface area contributed by atoms with Crippen LogP contribution in [0.4, 0.5) is 0 Å². The zero-order valence-corrected chi connectivity index (χ0v) is 25.9. The summed E-state index contributed by atoms with van der Waals surface area (Å²) in [6.07, 6.45) is 0.868. The van der Waals surface area contributed by atoms with Gasteiger partial charge in [0, 0.05) is 13.6 Å². The highest BCUT2D eigenvalue weighted by Crippen LogP contribution is 2.27. The summed E-state index contributed by atoms with van der Waals surface area (Å²) in [4.78, 5) is 42.7. The topological polar surface area (TPSA) is 192 Å². The van der Waals surface area contributed by atoms with Crippen molar-refractivity contribution in [2.75, 3.05) is 18.6 Å². The van der Waals surface area contributed by atoms with Gasteiger partial charge in [0.2, 0.25) is 5.16 Å². The first-order valence-corrected chi connectivity index (χ1v) is 15.4. The molecule has 0 saturated carbocycles. The van der Waals surface area contributed by atoms with Gasteiger partial charge in [-0.25, -0.2) is 9.98 Å². The Labute approximate surface area is 254 Å². The lowest BCUT2D eigenvalue weighted by atomic mass is 10.1. The number of rotatable bonds is 8. The van der Waals surface area contributed by atoms with E-state index in [1.165, 1.54) is 17.3 Å². The largest absolute Gasteiger partial charge is 0.481 e. The molecule has 0 aliphatic carbocycles. The summed E-state index contributed by atoms with van der Waals surface area (Å²) in [5, 5.41) is 31.0. The SMILES string of the molecule is CC.CN1NC(c2cc3cccc4c3n(c2=O)CC4)=NC1SCC(=O)O.Cc1noc(C)c1-c1nc(SCC(=O)O)n[nH]1. The first-order chi connectivity index (χ1) is 20.6. The number of hydrazine groups is 1. The second-order valence-corrected chi connectivity index (χ2v) is 11.2. The number of benzene rings is 1. The Morgan fingerprint density at radius 3 is 2.58 bits per heavy atom. The number of pyridine rings is 1. The van der Waals surface area contributed by atoms with Crippen molar-refractivity contribution in [1.82, 2.24) is 35.3 Å². The Bertz CT molecular complexity index is 1710. The van der Waals surface area contributed by atoms with Crippen molar-refractivity contribution in [2.45, 2.75) is 51.3 Å². The second kappa shape index (κ2) is 13.9. The average Bonchev–Trinajstić information content (AvgIpc) is 3.77. The first-order valence-electron chi connectivity index (χ1n) is 13.4. The number of nitrogens with one attached hydrogen (secondary N) is 2. The highest BCUT2D eigenvalue weighted by atomic mass is 32.2. The molecule has 2 aliphatic heterocycles. The lowest BCUT2D eigenvalue weighted by Gasteiger charge is -2.16. The summed E-state index contributed by atoms with van der Waals surface area (Å²) in [5.74, 6) is -0.226. The summed E-state index contributed by atoms with van der Waals surface area (Å²) in [7, 11) is 1.78. The van der Waals surface area contributed by atoms with Gasteiger partial charge >= 0.3 is 11.9 Å². The van der Waals surface area contributed by atoms with Crippen LogP contribution in [0.1, 0.15) is 36.4 Å². The van der Waals surface area contributed by atoms with Gasteiger partial charge in [-0.15, -0.1) is 16.9 Å². The molecule has 3 aromatic heterocycles. The summed E-state index contributed by atoms with van der Waals surface area (Å²) in [6, 6.07) is 7.93. The molecule has 16 heteroatoms. The van der Waals surface area contributed by atoms with Crippen molar-refractivity contribution in [2.24, 2.45) is 4.99 Å². The van der Waals surface area contributed by atoms with Crippen molar-refractivity contribution >= 4 is 52.2 Å². The molecule has 5 heterocycles. The number of thioether (sulfide) groups is 2. The smallest absolute Gasteiger partial charge is 0.313 e. The van der Waals surface area contributed by atoms with Gasteiger partial charge in [0.05, 0.1) is 33.8 Å². The zero-order chi connectivity index (χ0) is 31.3. The monoisotopic (exact) mass is 628 g/mol. The van der Waals surface area contributed by atoms with E-state index in [-0.39, 0.29) is 22.6 Å². The number of carbonyl (C=O) groups is 2. The fourth-order valence-corrected chi connectivity index (χ4v) is 5.85. The molecule has 0 radical (unpaired) electrons. The number of H-pyrrole nitrogens is 1. The van der Waals surface area contributed by atoms with Gasteiger partial charge in [-0.3, -0.25) is 19.5 Å². The van der Waals surface area contributed by atoms with E-state index in [1.54, 1.807) is 25.9 Å². The fraction of sp³-hybridized carbons (Fsp3) is 0.370. The summed E-state index contributed by atoms with van der Waals surface area (Å²) < 4.78 is 6.83. The van der Waals surface area contributed by atoms with E-state index < -0.39 is 11.9 Å². The maximum Gasteiger partial charge on any atom is 0.313 e. The molecule has 4 aromatic rings. The van der Waals surface area contributed by atoms with Crippen LogP contribution in [0.15, 0.2) is 43.7 Å². The van der Waals surface area contributed by atoms with E-state index in [0.717, 1.165) is 34.6 Å². The van der Waals surface area contributed by atoms with Crippen LogP contribution >= 0.6 is 23.5 Å². The third-order valence-corrected chi connectivity index (χ3v) is 8.29. The maximum atomic E-state index is 12.8. The normalized spacial score (nSPS) is 15.3. The molecule has 1 atom stereocenters. The number of carboxylic acids is 2. The Hall–Kier alpha value is -4.15. The van der Waals surface area contributed by atoms with Gasteiger partial charge < -0.3 is 24.7 Å². The zero-order valence-electron chi connectivity index (χ0n) is 24.2. The number of aliphatic carboxylic acids is 2. The van der Waals surface area contributed by atoms with Crippen molar-refractivity contribution in [3.63, 3.8) is 0 Å². The molecule has 1 unspecified atom stereocenters. The highest BCUT2D eigenvalue weighted by Gasteiger charge is 2.28. The van der Waals surface area contributed by atoms with Crippen LogP contribution in [0.2, 0.25) is 0 Å². The minimum absolute atomic E-state index is 0.0429. The minimum atomic E-state index is -0.904. The lowest BCUT2D eigenvalue weighted by molar-refractivity contribution is -0.134. The van der Waals surface area contributed by atoms with Crippen LogP contribution in [0.25, 0.3) is 22.3 Å². The number of para-hydroxylation sites is 1. The number of aromatic amines is 1. The molecular formula is C27H32N8O6S2. The number of aryl methyl sites for hydroxylation is 4. The molecule has 43 heavy (non-hydrogen) atoms. The maximum absolute atomic E-state index is 12.8. The molecule has 0 bridgehead atoms. The highest BCUT2D eigenvalue weighted by molar-refractivity contribution is 8.00. The van der Waals surface area contributed by atoms with Crippen LogP contribution in [-0.4, -0.2) is 82.0 Å². The van der Waals surface area contributed by atoms with Gasteiger partial charge in [-0.2, -0.15) is 5.01 Å². The quantitative estimate of drug-likeness (QED) is 0.208. The number of nitrogens with zero attached hydrogens (tertiary/aromatic N) is 6. The van der Waals surface area contributed by atoms with Gasteiger partial charge in [-0.1, -0.05) is 49.0 Å². The number of carboxylic acid groups (broad SMARTS) is 2. The molecule has 0 fully saturated rings. The first kappa shape index (κ1) is 31.8. The van der Waals surface area contributed by atoms with Gasteiger partial charge in [-0.05, 0) is 37.3 Å². The van der Waals surface area contributed by atoms with Gasteiger partial charge in [0.15, 0.2) is 17.2 Å². The molecule has 0 spiro atoms. The van der Waals surface area contributed by atoms with E-state index in [4.69, 9.17) is 14.7 Å². The third-order valence-electron chi connectivity index (χ3n) is 6.32. The second-order valence-electron chi connectivity index (χ2n) is 9.20. The Balaban J connectivity index is 0.000000197. The minimum Gasteiger partial charge on any atom is -0.481 e. The average molecular weight is 629 g/mol. The van der Waals surface area contributed by atoms with E-state index >= 15 is 0 Å². The summed E-state index contributed by atoms with van der Waals surface area (Å²) >= 11 is 2.25. The summed E-state index contributed by atoms with van der Waals surface area (Å²) in [6.45, 7) is 8.27. The Morgan fingerprint density at radius 1 is 1.16 bits per heavy atom. The number of hydrogen-bond donors (Lipinski definition) is 4. The number of aromatic nitrogens is 5. The molecule has 0 amide bonds. The van der Waals surface area contributed by atoms with Crippen molar-refractivity contribution in [3.8, 4) is 11.4 Å². The van der Waals surface area contributed by atoms with Crippen LogP contribution < -0.4 is 11.0 Å². The number of hydrogen-bond acceptors (Lipinski definition) is 12. The predicted octanol–water partition coefficient (Wildman–Crippen LogP) is 3.14. The molecule has 228 valence electrons. The fourth-order valence-electron chi connectivity index (χ4n) is 4.58. The molecular weight excluding hydrogens is 596 g/mol. The predicted molar refractivity (Wildman–Crippen MR) is 164 cm³/mol. The van der Waals surface area contributed by atoms with E-state index in [9.17, 15) is 14.4 Å². The van der Waals surface area contributed by atoms with Crippen LogP contribution in [0, 0.1) is 13.8 Å². The van der Waals surface area contributed by atoms with Crippen LogP contribution in [-0.2, 0) is 22.6 Å². The number of aliphatic imine (C=N–C) groups is 1. The van der Waals surface area contributed by atoms with Gasteiger partial charge in [0.1, 0.15) is 5.76 Å². The van der Waals surface area contributed by atoms with Crippen LogP contribution in [0.5, 0.6) is 0 Å². The molecule has 1 aromatic carbocycles. The van der Waals surface area contributed by atoms with E-state index in [1.807, 2.05) is 36.6 Å². The van der Waals surface area contributed by atoms with Crippen molar-refractivity contribution < 1.29 is 24.3 Å². The molecule has 2 aliphatic rings. The molecule has 0 saturated heterocycles. The molecule has 4 N–H and O–H groups in total. The van der Waals surface area contributed by atoms with Crippen LogP contribution in [0.3, 0.4) is 0 Å². The Kier molecular flexibility index (Phi) is 10.3. The van der Waals surface area contributed by atoms with E-state index in [2.05, 4.69) is 36.8 Å². The lowest BCUT2D eigenvalue weighted by Crippen LogP contribution is -2.39. The standard InChI is InChI=1S/C16H16N4O3S.C9H10N4O3S.C2H6/c1-19-16(24-8-12(21)22)17-14(18-19)11-7-10-4-2-3-9-5-6-20(13(9)10)15(11)23;1-4-7(5(2)16-13-4)8-10-9(12-11-8)17-3-6(14)15;1-2/h2-4,7,16H,5-6,8H2,1H3,(H,17,18)(H,21,22);3H2,1-2H3,(H,14,15)(H,10,11,12);1-2H3. The summed E-state index contributed by atoms with van der Waals surface area (Å²) in [5.41, 5.74) is 6.86. The van der Waals surface area contributed by atoms with Crippen molar-refractivity contribution in [3.05, 3.63) is 57.2 Å². The number of amidine groups is 1. The Morgan fingerprint density at radius 2 is 1.91 bits per heavy atom. The molecule has 6 rings (SSSR count).